The molecule has 20 heteroatoms. The van der Waals surface area contributed by atoms with E-state index in [4.69, 9.17) is 30.5 Å². The van der Waals surface area contributed by atoms with E-state index in [1.807, 2.05) is 4.90 Å². The van der Waals surface area contributed by atoms with Crippen LogP contribution in [0.4, 0.5) is 36.8 Å². The molecule has 2 aromatic heterocycles. The van der Waals surface area contributed by atoms with Gasteiger partial charge < -0.3 is 44.5 Å². The fraction of sp³-hybridized carbons (Fsp3) is 0.432. The molecule has 2 aromatic carbocycles. The smallest absolute Gasteiger partial charge is 0.463 e. The Balaban J connectivity index is 1.36. The highest BCUT2D eigenvalue weighted by Crippen LogP contribution is 2.48. The number of halogens is 3. The Morgan fingerprint density at radius 1 is 1.02 bits per heavy atom. The number of benzene rings is 2. The van der Waals surface area contributed by atoms with Gasteiger partial charge in [-0.2, -0.15) is 15.0 Å². The van der Waals surface area contributed by atoms with Gasteiger partial charge in [-0.3, -0.25) is 4.98 Å². The van der Waals surface area contributed by atoms with E-state index in [1.165, 1.54) is 36.5 Å². The number of rotatable bonds is 14. The second kappa shape index (κ2) is 17.1. The number of sulfone groups is 1. The highest BCUT2D eigenvalue weighted by molar-refractivity contribution is 7.90. The standard InChI is InChI=1S/C37H43ClF2N8O8S/c1-36(2,3)56-35(50)48-18-16-47(17-19-48)33-44-32(45-34(46-33)53-21-7-5-6-20-49)43-27-22-23(57(4,51)52)13-14-26(27)42-29(30-25(38)11-9-15-41-30)24-10-8-12-28-31(24)55-37(39,40)54-28/h8-15,22,29,42,49H,5-7,16-21H2,1-4H3,(H,43,44,45,46)/t29-/m0/s1. The predicted octanol–water partition coefficient (Wildman–Crippen LogP) is 6.19. The number of carbonyl (C=O) groups is 1. The van der Waals surface area contributed by atoms with Crippen molar-refractivity contribution in [2.75, 3.05) is 61.2 Å². The number of unbranched alkanes of at least 4 members (excludes halogenated alkanes) is 2. The molecule has 1 atom stereocenters. The van der Waals surface area contributed by atoms with Crippen molar-refractivity contribution in [2.24, 2.45) is 0 Å². The molecule has 2 aliphatic heterocycles. The van der Waals surface area contributed by atoms with Crippen molar-refractivity contribution in [1.82, 2.24) is 24.8 Å². The molecule has 3 N–H and O–H groups in total. The van der Waals surface area contributed by atoms with Crippen LogP contribution in [0, 0.1) is 0 Å². The molecule has 2 aliphatic rings. The summed E-state index contributed by atoms with van der Waals surface area (Å²) in [5.41, 5.74) is 0.237. The minimum Gasteiger partial charge on any atom is -0.463 e. The zero-order valence-electron chi connectivity index (χ0n) is 31.7. The number of fused-ring (bicyclic) bond motifs is 1. The first kappa shape index (κ1) is 41.4. The molecule has 1 amide bonds. The van der Waals surface area contributed by atoms with Crippen molar-refractivity contribution in [1.29, 1.82) is 0 Å². The molecule has 0 aliphatic carbocycles. The lowest BCUT2D eigenvalue weighted by atomic mass is 10.0. The minimum atomic E-state index is -3.92. The van der Waals surface area contributed by atoms with Gasteiger partial charge in [-0.15, -0.1) is 8.78 Å². The first-order chi connectivity index (χ1) is 27.0. The van der Waals surface area contributed by atoms with Gasteiger partial charge in [-0.25, -0.2) is 13.2 Å². The van der Waals surface area contributed by atoms with Crippen molar-refractivity contribution in [2.45, 2.75) is 62.9 Å². The van der Waals surface area contributed by atoms with E-state index >= 15 is 0 Å². The summed E-state index contributed by atoms with van der Waals surface area (Å²) in [4.78, 5) is 34.3. The van der Waals surface area contributed by atoms with E-state index in [2.05, 4.69) is 30.6 Å². The number of carbonyl (C=O) groups excluding carboxylic acids is 1. The molecule has 6 rings (SSSR count). The Kier molecular flexibility index (Phi) is 12.4. The molecule has 4 aromatic rings. The summed E-state index contributed by atoms with van der Waals surface area (Å²) in [5, 5.41) is 15.8. The van der Waals surface area contributed by atoms with Gasteiger partial charge >= 0.3 is 18.4 Å². The summed E-state index contributed by atoms with van der Waals surface area (Å²) in [5.74, 6) is -0.223. The van der Waals surface area contributed by atoms with Crippen molar-refractivity contribution in [3.63, 3.8) is 0 Å². The number of amides is 1. The Hall–Kier alpha value is -5.27. The number of aliphatic hydroxyl groups excluding tert-OH is 1. The summed E-state index contributed by atoms with van der Waals surface area (Å²) in [6.45, 7) is 7.04. The van der Waals surface area contributed by atoms with Crippen LogP contribution in [0.5, 0.6) is 17.5 Å². The monoisotopic (exact) mass is 832 g/mol. The largest absolute Gasteiger partial charge is 0.586 e. The minimum absolute atomic E-state index is 0.0157. The quantitative estimate of drug-likeness (QED) is 0.122. The Morgan fingerprint density at radius 2 is 1.79 bits per heavy atom. The number of hydrogen-bond donors (Lipinski definition) is 3. The predicted molar refractivity (Wildman–Crippen MR) is 206 cm³/mol. The van der Waals surface area contributed by atoms with Crippen molar-refractivity contribution in [3.8, 4) is 17.5 Å². The highest BCUT2D eigenvalue weighted by Gasteiger charge is 2.45. The van der Waals surface area contributed by atoms with Crippen LogP contribution in [0.3, 0.4) is 0 Å². The van der Waals surface area contributed by atoms with E-state index in [-0.39, 0.29) is 75.2 Å². The van der Waals surface area contributed by atoms with Gasteiger partial charge in [-0.05, 0) is 76.4 Å². The number of piperazine rings is 1. The van der Waals surface area contributed by atoms with Crippen LogP contribution in [0.15, 0.2) is 59.6 Å². The SMILES string of the molecule is CC(C)(C)OC(=O)N1CCN(c2nc(Nc3cc(S(C)(=O)=O)ccc3N[C@@H](c3cccc4c3OC(F)(F)O4)c3ncccc3Cl)nc(OCCCCCO)n2)CC1. The fourth-order valence-corrected chi connectivity index (χ4v) is 6.84. The van der Waals surface area contributed by atoms with Gasteiger partial charge in [0.15, 0.2) is 21.3 Å². The number of hydrogen-bond acceptors (Lipinski definition) is 15. The molecule has 16 nitrogen and oxygen atoms in total. The first-order valence-electron chi connectivity index (χ1n) is 18.1. The molecular formula is C37H43ClF2N8O8S. The van der Waals surface area contributed by atoms with Crippen LogP contribution < -0.4 is 29.7 Å². The third-order valence-corrected chi connectivity index (χ3v) is 10.1. The summed E-state index contributed by atoms with van der Waals surface area (Å²) in [6, 6.07) is 10.8. The maximum Gasteiger partial charge on any atom is 0.586 e. The first-order valence-corrected chi connectivity index (χ1v) is 20.4. The number of alkyl halides is 2. The second-order valence-corrected chi connectivity index (χ2v) is 16.6. The maximum atomic E-state index is 14.4. The molecule has 0 unspecified atom stereocenters. The number of pyridine rings is 1. The summed E-state index contributed by atoms with van der Waals surface area (Å²) in [7, 11) is -3.74. The molecule has 57 heavy (non-hydrogen) atoms. The van der Waals surface area contributed by atoms with Crippen LogP contribution in [-0.2, 0) is 14.6 Å². The van der Waals surface area contributed by atoms with Gasteiger partial charge in [0.1, 0.15) is 5.60 Å². The van der Waals surface area contributed by atoms with Crippen molar-refractivity contribution >= 4 is 50.8 Å². The molecule has 4 heterocycles. The highest BCUT2D eigenvalue weighted by atomic mass is 35.5. The topological polar surface area (TPSA) is 190 Å². The Bertz CT molecular complexity index is 2190. The molecular weight excluding hydrogens is 790 g/mol. The fourth-order valence-electron chi connectivity index (χ4n) is 5.96. The number of nitrogens with one attached hydrogen (secondary N) is 2. The van der Waals surface area contributed by atoms with Gasteiger partial charge in [-0.1, -0.05) is 23.7 Å². The molecule has 1 saturated heterocycles. The van der Waals surface area contributed by atoms with E-state index in [1.54, 1.807) is 43.9 Å². The number of para-hydroxylation sites is 1. The van der Waals surface area contributed by atoms with E-state index < -0.39 is 33.9 Å². The number of ether oxygens (including phenoxy) is 4. The number of aliphatic hydroxyl groups is 1. The zero-order chi connectivity index (χ0) is 41.0. The van der Waals surface area contributed by atoms with E-state index in [9.17, 15) is 27.1 Å². The lowest BCUT2D eigenvalue weighted by Crippen LogP contribution is -2.50. The molecule has 0 spiro atoms. The molecule has 0 saturated carbocycles. The molecule has 0 bridgehead atoms. The van der Waals surface area contributed by atoms with Crippen LogP contribution in [0.1, 0.15) is 57.3 Å². The van der Waals surface area contributed by atoms with E-state index in [0.717, 1.165) is 6.26 Å². The molecule has 1 fully saturated rings. The average Bonchev–Trinajstić information content (AvgIpc) is 3.47. The molecule has 306 valence electrons. The Morgan fingerprint density at radius 3 is 2.49 bits per heavy atom. The average molecular weight is 833 g/mol. The normalized spacial score (nSPS) is 15.6. The number of anilines is 4. The van der Waals surface area contributed by atoms with E-state index in [0.29, 0.717) is 45.4 Å². The third kappa shape index (κ3) is 10.6. The van der Waals surface area contributed by atoms with Gasteiger partial charge in [0, 0.05) is 50.8 Å². The number of nitrogens with zero attached hydrogens (tertiary/aromatic N) is 6. The van der Waals surface area contributed by atoms with Crippen molar-refractivity contribution < 1.29 is 46.0 Å². The number of aromatic nitrogens is 4. The summed E-state index contributed by atoms with van der Waals surface area (Å²) in [6.07, 6.45) is 0.119. The van der Waals surface area contributed by atoms with Gasteiger partial charge in [0.05, 0.1) is 39.6 Å². The lowest BCUT2D eigenvalue weighted by Gasteiger charge is -2.35. The summed E-state index contributed by atoms with van der Waals surface area (Å²) >= 11 is 6.63. The third-order valence-electron chi connectivity index (χ3n) is 8.65. The van der Waals surface area contributed by atoms with Crippen LogP contribution >= 0.6 is 11.6 Å². The van der Waals surface area contributed by atoms with Gasteiger partial charge in [0.25, 0.3) is 0 Å². The van der Waals surface area contributed by atoms with Crippen LogP contribution in [-0.4, -0.2) is 102 Å². The second-order valence-electron chi connectivity index (χ2n) is 14.2. The van der Waals surface area contributed by atoms with Crippen LogP contribution in [0.25, 0.3) is 0 Å². The maximum absolute atomic E-state index is 14.4. The lowest BCUT2D eigenvalue weighted by molar-refractivity contribution is -0.287. The van der Waals surface area contributed by atoms with Crippen LogP contribution in [0.2, 0.25) is 5.02 Å². The Labute approximate surface area is 333 Å². The molecule has 0 radical (unpaired) electrons. The summed E-state index contributed by atoms with van der Waals surface area (Å²) < 4.78 is 75.4. The van der Waals surface area contributed by atoms with Crippen molar-refractivity contribution in [3.05, 3.63) is 71.0 Å². The van der Waals surface area contributed by atoms with Gasteiger partial charge in [0.2, 0.25) is 11.9 Å². The zero-order valence-corrected chi connectivity index (χ0v) is 33.2.